The van der Waals surface area contributed by atoms with Crippen LogP contribution in [0.3, 0.4) is 0 Å². The number of amides is 2. The van der Waals surface area contributed by atoms with E-state index in [0.717, 1.165) is 0 Å². The maximum absolute atomic E-state index is 13.8. The van der Waals surface area contributed by atoms with Gasteiger partial charge < -0.3 is 4.52 Å². The number of sulfonamides is 1. The highest BCUT2D eigenvalue weighted by Crippen LogP contribution is 2.23. The highest BCUT2D eigenvalue weighted by atomic mass is 32.2. The molecule has 1 aromatic heterocycles. The molecule has 9 nitrogen and oxygen atoms in total. The van der Waals surface area contributed by atoms with Crippen molar-refractivity contribution in [3.05, 3.63) is 71.7 Å². The molecule has 0 atom stereocenters. The van der Waals surface area contributed by atoms with E-state index in [1.54, 1.807) is 19.9 Å². The first-order valence-corrected chi connectivity index (χ1v) is 11.1. The zero-order valence-corrected chi connectivity index (χ0v) is 18.1. The van der Waals surface area contributed by atoms with Gasteiger partial charge in [-0.1, -0.05) is 37.2 Å². The van der Waals surface area contributed by atoms with Crippen molar-refractivity contribution < 1.29 is 26.9 Å². The van der Waals surface area contributed by atoms with Crippen LogP contribution in [0.5, 0.6) is 0 Å². The van der Waals surface area contributed by atoms with E-state index in [9.17, 15) is 22.4 Å². The fraction of sp³-hybridized carbons (Fsp3) is 0.190. The average molecular weight is 460 g/mol. The maximum atomic E-state index is 13.8. The topological polar surface area (TPSA) is 122 Å². The van der Waals surface area contributed by atoms with Gasteiger partial charge in [0.1, 0.15) is 5.82 Å². The lowest BCUT2D eigenvalue weighted by atomic mass is 10.1. The number of hydrogen-bond donors (Lipinski definition) is 2. The molecule has 2 amide bonds. The Bertz CT molecular complexity index is 1240. The van der Waals surface area contributed by atoms with Gasteiger partial charge in [0.2, 0.25) is 10.0 Å². The smallest absolute Gasteiger partial charge is 0.291 e. The summed E-state index contributed by atoms with van der Waals surface area (Å²) in [6, 6.07) is 12.5. The molecule has 3 rings (SSSR count). The number of hydrogen-bond acceptors (Lipinski definition) is 6. The summed E-state index contributed by atoms with van der Waals surface area (Å²) in [7, 11) is -3.75. The Labute approximate surface area is 184 Å². The van der Waals surface area contributed by atoms with E-state index in [4.69, 9.17) is 4.52 Å². The van der Waals surface area contributed by atoms with Crippen LogP contribution in [0.1, 0.15) is 34.7 Å². The van der Waals surface area contributed by atoms with E-state index in [-0.39, 0.29) is 40.6 Å². The number of nitrogens with zero attached hydrogens (tertiary/aromatic N) is 2. The molecule has 3 aromatic rings. The van der Waals surface area contributed by atoms with E-state index in [1.807, 2.05) is 0 Å². The highest BCUT2D eigenvalue weighted by Gasteiger charge is 2.23. The van der Waals surface area contributed by atoms with Gasteiger partial charge in [0, 0.05) is 24.7 Å². The van der Waals surface area contributed by atoms with Crippen molar-refractivity contribution in [1.29, 1.82) is 0 Å². The fourth-order valence-corrected chi connectivity index (χ4v) is 4.43. The number of hydrazine groups is 1. The molecular weight excluding hydrogens is 439 g/mol. The van der Waals surface area contributed by atoms with Gasteiger partial charge in [0.05, 0.1) is 10.5 Å². The van der Waals surface area contributed by atoms with E-state index >= 15 is 0 Å². The fourth-order valence-electron chi connectivity index (χ4n) is 2.93. The van der Waals surface area contributed by atoms with Crippen LogP contribution in [0.2, 0.25) is 0 Å². The molecule has 168 valence electrons. The SMILES string of the molecule is CCN(CC)S(=O)(=O)c1cccc(C(=O)NNC(=O)c2cc(-c3ccccc3F)on2)c1. The first-order valence-electron chi connectivity index (χ1n) is 9.70. The van der Waals surface area contributed by atoms with Gasteiger partial charge >= 0.3 is 0 Å². The van der Waals surface area contributed by atoms with Gasteiger partial charge in [0.15, 0.2) is 11.5 Å². The third-order valence-electron chi connectivity index (χ3n) is 4.61. The van der Waals surface area contributed by atoms with Crippen LogP contribution in [0.4, 0.5) is 4.39 Å². The van der Waals surface area contributed by atoms with Crippen molar-refractivity contribution in [1.82, 2.24) is 20.3 Å². The molecule has 0 fully saturated rings. The molecule has 0 aliphatic carbocycles. The number of benzene rings is 2. The van der Waals surface area contributed by atoms with Crippen LogP contribution < -0.4 is 10.9 Å². The lowest BCUT2D eigenvalue weighted by molar-refractivity contribution is 0.0841. The first-order chi connectivity index (χ1) is 15.3. The van der Waals surface area contributed by atoms with Crippen molar-refractivity contribution in [2.24, 2.45) is 0 Å². The molecule has 32 heavy (non-hydrogen) atoms. The van der Waals surface area contributed by atoms with Gasteiger partial charge in [-0.2, -0.15) is 4.31 Å². The predicted molar refractivity (Wildman–Crippen MR) is 113 cm³/mol. The van der Waals surface area contributed by atoms with Gasteiger partial charge in [-0.15, -0.1) is 0 Å². The Morgan fingerprint density at radius 1 is 1.00 bits per heavy atom. The van der Waals surface area contributed by atoms with Crippen molar-refractivity contribution in [3.63, 3.8) is 0 Å². The molecule has 2 aromatic carbocycles. The average Bonchev–Trinajstić information content (AvgIpc) is 3.28. The maximum Gasteiger partial charge on any atom is 0.291 e. The minimum atomic E-state index is -3.75. The number of halogens is 1. The summed E-state index contributed by atoms with van der Waals surface area (Å²) in [6.07, 6.45) is 0. The second kappa shape index (κ2) is 9.71. The van der Waals surface area contributed by atoms with Crippen LogP contribution in [0.15, 0.2) is 64.0 Å². The molecule has 0 aliphatic heterocycles. The van der Waals surface area contributed by atoms with E-state index in [0.29, 0.717) is 0 Å². The molecule has 0 unspecified atom stereocenters. The molecule has 0 spiro atoms. The van der Waals surface area contributed by atoms with Crippen LogP contribution >= 0.6 is 0 Å². The van der Waals surface area contributed by atoms with Crippen LogP contribution in [0, 0.1) is 5.82 Å². The lowest BCUT2D eigenvalue weighted by Gasteiger charge is -2.18. The minimum absolute atomic E-state index is 0.0331. The summed E-state index contributed by atoms with van der Waals surface area (Å²) in [5.74, 6) is -2.01. The Kier molecular flexibility index (Phi) is 7.01. The summed E-state index contributed by atoms with van der Waals surface area (Å²) < 4.78 is 45.4. The quantitative estimate of drug-likeness (QED) is 0.523. The molecule has 11 heteroatoms. The molecule has 1 heterocycles. The van der Waals surface area contributed by atoms with Crippen LogP contribution in [0.25, 0.3) is 11.3 Å². The van der Waals surface area contributed by atoms with Gasteiger partial charge in [-0.05, 0) is 30.3 Å². The Balaban J connectivity index is 1.69. The number of rotatable bonds is 7. The standard InChI is InChI=1S/C21H21FN4O5S/c1-3-26(4-2)32(29,30)15-9-7-8-14(12-15)20(27)23-24-21(28)18-13-19(31-25-18)16-10-5-6-11-17(16)22/h5-13H,3-4H2,1-2H3,(H,23,27)(H,24,28). The van der Waals surface area contributed by atoms with Gasteiger partial charge in [-0.25, -0.2) is 12.8 Å². The molecule has 0 saturated heterocycles. The van der Waals surface area contributed by atoms with Gasteiger partial charge in [0.25, 0.3) is 11.8 Å². The Morgan fingerprint density at radius 3 is 2.38 bits per heavy atom. The van der Waals surface area contributed by atoms with Crippen molar-refractivity contribution in [2.75, 3.05) is 13.1 Å². The second-order valence-electron chi connectivity index (χ2n) is 6.58. The second-order valence-corrected chi connectivity index (χ2v) is 8.52. The van der Waals surface area contributed by atoms with E-state index in [1.165, 1.54) is 52.8 Å². The highest BCUT2D eigenvalue weighted by molar-refractivity contribution is 7.89. The van der Waals surface area contributed by atoms with E-state index in [2.05, 4.69) is 16.0 Å². The summed E-state index contributed by atoms with van der Waals surface area (Å²) in [5.41, 5.74) is 4.34. The largest absolute Gasteiger partial charge is 0.355 e. The molecule has 0 aliphatic rings. The summed E-state index contributed by atoms with van der Waals surface area (Å²) >= 11 is 0. The molecule has 0 bridgehead atoms. The third-order valence-corrected chi connectivity index (χ3v) is 6.66. The third kappa shape index (κ3) is 4.84. The Hall–Kier alpha value is -3.57. The van der Waals surface area contributed by atoms with Crippen molar-refractivity contribution >= 4 is 21.8 Å². The molecular formula is C21H21FN4O5S. The predicted octanol–water partition coefficient (Wildman–Crippen LogP) is 2.59. The van der Waals surface area contributed by atoms with Crippen molar-refractivity contribution in [2.45, 2.75) is 18.7 Å². The van der Waals surface area contributed by atoms with Crippen LogP contribution in [-0.2, 0) is 10.0 Å². The number of carbonyl (C=O) groups excluding carboxylic acids is 2. The zero-order valence-electron chi connectivity index (χ0n) is 17.3. The first kappa shape index (κ1) is 23.1. The zero-order chi connectivity index (χ0) is 23.3. The monoisotopic (exact) mass is 460 g/mol. The van der Waals surface area contributed by atoms with Crippen molar-refractivity contribution in [3.8, 4) is 11.3 Å². The number of carbonyl (C=O) groups is 2. The lowest BCUT2D eigenvalue weighted by Crippen LogP contribution is -2.41. The molecule has 0 radical (unpaired) electrons. The summed E-state index contributed by atoms with van der Waals surface area (Å²) in [6.45, 7) is 4.01. The summed E-state index contributed by atoms with van der Waals surface area (Å²) in [5, 5.41) is 3.58. The number of nitrogens with one attached hydrogen (secondary N) is 2. The molecule has 0 saturated carbocycles. The van der Waals surface area contributed by atoms with Crippen LogP contribution in [-0.4, -0.2) is 42.8 Å². The normalized spacial score (nSPS) is 11.4. The summed E-state index contributed by atoms with van der Waals surface area (Å²) in [4.78, 5) is 24.6. The minimum Gasteiger partial charge on any atom is -0.355 e. The van der Waals surface area contributed by atoms with Gasteiger partial charge in [-0.3, -0.25) is 20.4 Å². The van der Waals surface area contributed by atoms with E-state index < -0.39 is 27.7 Å². The number of aromatic nitrogens is 1. The Morgan fingerprint density at radius 2 is 1.69 bits per heavy atom. The molecule has 2 N–H and O–H groups in total.